The first-order valence-corrected chi connectivity index (χ1v) is 4.70. The second-order valence-corrected chi connectivity index (χ2v) is 3.51. The number of hydrogen-bond donors (Lipinski definition) is 1. The number of nitrogens with zero attached hydrogens (tertiary/aromatic N) is 1. The molecule has 0 fully saturated rings. The lowest BCUT2D eigenvalue weighted by Gasteiger charge is -2.06. The maximum atomic E-state index is 5.89. The lowest BCUT2D eigenvalue weighted by Crippen LogP contribution is -1.98. The quantitative estimate of drug-likeness (QED) is 0.679. The monoisotopic (exact) mass is 182 g/mol. The number of nitrogens with two attached hydrogens (primary N) is 1. The Morgan fingerprint density at radius 1 is 1.21 bits per heavy atom. The summed E-state index contributed by atoms with van der Waals surface area (Å²) in [7, 11) is 0. The number of nitrogen functional groups attached to an aromatic ring is 1. The Kier molecular flexibility index (Phi) is 1.39. The van der Waals surface area contributed by atoms with E-state index in [0.717, 1.165) is 11.9 Å². The topological polar surface area (TPSA) is 38.9 Å². The molecule has 1 aromatic carbocycles. The van der Waals surface area contributed by atoms with Crippen LogP contribution in [0.25, 0.3) is 17.0 Å². The lowest BCUT2D eigenvalue weighted by atomic mass is 10.1. The molecule has 0 unspecified atom stereocenters. The number of fused-ring (bicyclic) bond motifs is 3. The van der Waals surface area contributed by atoms with Crippen molar-refractivity contribution in [1.82, 2.24) is 4.98 Å². The number of pyridine rings is 1. The van der Waals surface area contributed by atoms with Gasteiger partial charge in [0.05, 0.1) is 5.52 Å². The van der Waals surface area contributed by atoms with Crippen LogP contribution in [0.5, 0.6) is 0 Å². The van der Waals surface area contributed by atoms with Crippen LogP contribution < -0.4 is 5.73 Å². The van der Waals surface area contributed by atoms with Gasteiger partial charge in [0.2, 0.25) is 0 Å². The van der Waals surface area contributed by atoms with E-state index < -0.39 is 0 Å². The minimum Gasteiger partial charge on any atom is -0.383 e. The molecule has 0 aliphatic heterocycles. The molecule has 68 valence electrons. The van der Waals surface area contributed by atoms with Gasteiger partial charge in [0, 0.05) is 10.9 Å². The number of allylic oxidation sites excluding steroid dienone is 1. The van der Waals surface area contributed by atoms with Crippen molar-refractivity contribution in [2.24, 2.45) is 0 Å². The number of anilines is 1. The highest BCUT2D eigenvalue weighted by Crippen LogP contribution is 2.30. The van der Waals surface area contributed by atoms with Crippen molar-refractivity contribution in [3.8, 4) is 0 Å². The van der Waals surface area contributed by atoms with E-state index in [1.165, 1.54) is 16.5 Å². The molecule has 0 bridgehead atoms. The van der Waals surface area contributed by atoms with E-state index in [0.29, 0.717) is 5.82 Å². The molecule has 1 heterocycles. The average Bonchev–Trinajstić information content (AvgIpc) is 2.67. The molecule has 14 heavy (non-hydrogen) atoms. The standard InChI is InChI=1S/C12H10N2/c13-12-10-6-3-5-8(10)9-4-1-2-7-11(9)14-12/h1-5,7H,6H2,(H2,13,14). The van der Waals surface area contributed by atoms with Crippen LogP contribution in [0.3, 0.4) is 0 Å². The molecule has 1 aliphatic rings. The Hall–Kier alpha value is -1.83. The molecule has 1 aromatic heterocycles. The van der Waals surface area contributed by atoms with Gasteiger partial charge in [-0.2, -0.15) is 0 Å². The summed E-state index contributed by atoms with van der Waals surface area (Å²) in [5.41, 5.74) is 9.28. The minimum atomic E-state index is 0.670. The Morgan fingerprint density at radius 3 is 3.00 bits per heavy atom. The largest absolute Gasteiger partial charge is 0.383 e. The summed E-state index contributed by atoms with van der Waals surface area (Å²) >= 11 is 0. The third-order valence-electron chi connectivity index (χ3n) is 2.68. The molecular weight excluding hydrogens is 172 g/mol. The van der Waals surface area contributed by atoms with E-state index in [4.69, 9.17) is 5.73 Å². The van der Waals surface area contributed by atoms with Crippen molar-refractivity contribution in [2.75, 3.05) is 5.73 Å². The highest BCUT2D eigenvalue weighted by Gasteiger charge is 2.13. The predicted molar refractivity (Wildman–Crippen MR) is 58.9 cm³/mol. The van der Waals surface area contributed by atoms with Crippen molar-refractivity contribution in [3.63, 3.8) is 0 Å². The fourth-order valence-electron chi connectivity index (χ4n) is 2.00. The Labute approximate surface area is 82.1 Å². The van der Waals surface area contributed by atoms with Gasteiger partial charge in [0.15, 0.2) is 0 Å². The van der Waals surface area contributed by atoms with Crippen molar-refractivity contribution < 1.29 is 0 Å². The normalized spacial score (nSPS) is 13.4. The van der Waals surface area contributed by atoms with Crippen molar-refractivity contribution in [1.29, 1.82) is 0 Å². The molecule has 2 nitrogen and oxygen atoms in total. The van der Waals surface area contributed by atoms with Gasteiger partial charge in [0.25, 0.3) is 0 Å². The molecule has 0 amide bonds. The van der Waals surface area contributed by atoms with Gasteiger partial charge in [0.1, 0.15) is 5.82 Å². The van der Waals surface area contributed by atoms with E-state index >= 15 is 0 Å². The third-order valence-corrected chi connectivity index (χ3v) is 2.68. The van der Waals surface area contributed by atoms with E-state index in [-0.39, 0.29) is 0 Å². The zero-order valence-corrected chi connectivity index (χ0v) is 7.70. The molecule has 1 aliphatic carbocycles. The molecule has 0 spiro atoms. The van der Waals surface area contributed by atoms with Crippen LogP contribution in [0.4, 0.5) is 5.82 Å². The van der Waals surface area contributed by atoms with Gasteiger partial charge in [-0.3, -0.25) is 0 Å². The molecule has 2 heteroatoms. The molecule has 3 rings (SSSR count). The smallest absolute Gasteiger partial charge is 0.128 e. The molecule has 2 N–H and O–H groups in total. The van der Waals surface area contributed by atoms with Crippen LogP contribution in [-0.4, -0.2) is 4.98 Å². The van der Waals surface area contributed by atoms with Crippen LogP contribution in [-0.2, 0) is 6.42 Å². The highest BCUT2D eigenvalue weighted by molar-refractivity contribution is 5.92. The van der Waals surface area contributed by atoms with Gasteiger partial charge in [-0.1, -0.05) is 30.4 Å². The number of aromatic nitrogens is 1. The molecule has 0 radical (unpaired) electrons. The number of hydrogen-bond acceptors (Lipinski definition) is 2. The summed E-state index contributed by atoms with van der Waals surface area (Å²) < 4.78 is 0. The lowest BCUT2D eigenvalue weighted by molar-refractivity contribution is 1.26. The van der Waals surface area contributed by atoms with Crippen LogP contribution >= 0.6 is 0 Å². The molecule has 0 saturated carbocycles. The highest BCUT2D eigenvalue weighted by atomic mass is 14.8. The summed E-state index contributed by atoms with van der Waals surface area (Å²) in [6.45, 7) is 0. The summed E-state index contributed by atoms with van der Waals surface area (Å²) in [5.74, 6) is 0.670. The van der Waals surface area contributed by atoms with Gasteiger partial charge < -0.3 is 5.73 Å². The summed E-state index contributed by atoms with van der Waals surface area (Å²) in [4.78, 5) is 4.39. The third kappa shape index (κ3) is 0.880. The first-order chi connectivity index (χ1) is 6.86. The van der Waals surface area contributed by atoms with E-state index in [1.807, 2.05) is 18.2 Å². The average molecular weight is 182 g/mol. The zero-order chi connectivity index (χ0) is 9.54. The van der Waals surface area contributed by atoms with Crippen molar-refractivity contribution in [3.05, 3.63) is 41.5 Å². The van der Waals surface area contributed by atoms with E-state index in [9.17, 15) is 0 Å². The Morgan fingerprint density at radius 2 is 2.07 bits per heavy atom. The fourth-order valence-corrected chi connectivity index (χ4v) is 2.00. The van der Waals surface area contributed by atoms with E-state index in [2.05, 4.69) is 23.2 Å². The summed E-state index contributed by atoms with van der Waals surface area (Å²) in [5, 5.41) is 1.20. The first-order valence-electron chi connectivity index (χ1n) is 4.70. The van der Waals surface area contributed by atoms with Crippen molar-refractivity contribution >= 4 is 22.8 Å². The molecule has 2 aromatic rings. The van der Waals surface area contributed by atoms with Gasteiger partial charge >= 0.3 is 0 Å². The molecule has 0 saturated heterocycles. The summed E-state index contributed by atoms with van der Waals surface area (Å²) in [6, 6.07) is 8.11. The van der Waals surface area contributed by atoms with Crippen LogP contribution in [0.15, 0.2) is 30.3 Å². The number of para-hydroxylation sites is 1. The minimum absolute atomic E-state index is 0.670. The number of rotatable bonds is 0. The van der Waals surface area contributed by atoms with Crippen LogP contribution in [0, 0.1) is 0 Å². The Balaban J connectivity index is 2.51. The zero-order valence-electron chi connectivity index (χ0n) is 7.70. The Bertz CT molecular complexity index is 541. The van der Waals surface area contributed by atoms with Gasteiger partial charge in [-0.25, -0.2) is 4.98 Å². The second kappa shape index (κ2) is 2.58. The molecular formula is C12H10N2. The van der Waals surface area contributed by atoms with Gasteiger partial charge in [-0.15, -0.1) is 0 Å². The second-order valence-electron chi connectivity index (χ2n) is 3.51. The fraction of sp³-hybridized carbons (Fsp3) is 0.0833. The van der Waals surface area contributed by atoms with Gasteiger partial charge in [-0.05, 0) is 18.1 Å². The SMILES string of the molecule is Nc1nc2ccccc2c2c1CC=C2. The summed E-state index contributed by atoms with van der Waals surface area (Å²) in [6.07, 6.45) is 5.18. The first kappa shape index (κ1) is 7.56. The maximum Gasteiger partial charge on any atom is 0.128 e. The van der Waals surface area contributed by atoms with E-state index in [1.54, 1.807) is 0 Å². The van der Waals surface area contributed by atoms with Crippen LogP contribution in [0.1, 0.15) is 11.1 Å². The van der Waals surface area contributed by atoms with Crippen molar-refractivity contribution in [2.45, 2.75) is 6.42 Å². The number of benzene rings is 1. The van der Waals surface area contributed by atoms with Crippen LogP contribution in [0.2, 0.25) is 0 Å². The molecule has 0 atom stereocenters. The maximum absolute atomic E-state index is 5.89. The predicted octanol–water partition coefficient (Wildman–Crippen LogP) is 2.39.